The Morgan fingerprint density at radius 3 is 2.31 bits per heavy atom. The molecule has 2 aliphatic rings. The molecule has 29 heavy (non-hydrogen) atoms. The number of carbonyl (C=O) groups excluding carboxylic acids is 2. The average molecular weight is 395 g/mol. The van der Waals surface area contributed by atoms with E-state index in [1.807, 2.05) is 67.6 Å². The Morgan fingerprint density at radius 1 is 1.03 bits per heavy atom. The fourth-order valence-corrected chi connectivity index (χ4v) is 4.04. The number of ether oxygens (including phenoxy) is 3. The molecular formula is C23H25NO5. The van der Waals surface area contributed by atoms with Crippen molar-refractivity contribution in [2.75, 3.05) is 6.61 Å². The maximum atomic E-state index is 12.9. The van der Waals surface area contributed by atoms with Crippen LogP contribution in [0.3, 0.4) is 0 Å². The number of fused-ring (bicyclic) bond motifs is 1. The number of benzene rings is 2. The number of piperidine rings is 1. The van der Waals surface area contributed by atoms with Crippen LogP contribution in [0.1, 0.15) is 24.5 Å². The molecule has 2 aromatic rings. The van der Waals surface area contributed by atoms with Crippen molar-refractivity contribution >= 4 is 12.1 Å². The summed E-state index contributed by atoms with van der Waals surface area (Å²) in [4.78, 5) is 26.7. The first kappa shape index (κ1) is 19.5. The lowest BCUT2D eigenvalue weighted by molar-refractivity contribution is -0.157. The lowest BCUT2D eigenvalue weighted by atomic mass is 9.85. The van der Waals surface area contributed by atoms with Gasteiger partial charge in [0.1, 0.15) is 19.3 Å². The Balaban J connectivity index is 1.45. The first-order chi connectivity index (χ1) is 14.1. The van der Waals surface area contributed by atoms with Crippen LogP contribution in [0, 0.1) is 5.92 Å². The van der Waals surface area contributed by atoms with E-state index in [0.29, 0.717) is 13.0 Å². The Morgan fingerprint density at radius 2 is 1.66 bits per heavy atom. The number of esters is 1. The molecule has 0 aliphatic carbocycles. The minimum Gasteiger partial charge on any atom is -0.459 e. The maximum absolute atomic E-state index is 12.9. The van der Waals surface area contributed by atoms with Crippen LogP contribution in [0.4, 0.5) is 4.79 Å². The Bertz CT molecular complexity index is 841. The van der Waals surface area contributed by atoms with E-state index in [1.54, 1.807) is 4.90 Å². The lowest BCUT2D eigenvalue weighted by Gasteiger charge is -2.42. The van der Waals surface area contributed by atoms with Crippen molar-refractivity contribution in [2.24, 2.45) is 5.92 Å². The van der Waals surface area contributed by atoms with Crippen molar-refractivity contribution in [1.29, 1.82) is 0 Å². The third kappa shape index (κ3) is 4.27. The standard InChI is InChI=1S/C23H25NO5/c1-16-20-15-29-23(26)24(20)19(22(25)28-14-18-10-6-3-7-11-18)12-21(16)27-13-17-8-4-2-5-9-17/h2-11,16,19-21H,12-15H2,1H3/t16-,19-,20-,21+/m0/s1. The smallest absolute Gasteiger partial charge is 0.410 e. The van der Waals surface area contributed by atoms with Gasteiger partial charge in [0.05, 0.1) is 18.8 Å². The Labute approximate surface area is 170 Å². The summed E-state index contributed by atoms with van der Waals surface area (Å²) in [5.74, 6) is -0.360. The van der Waals surface area contributed by atoms with Gasteiger partial charge in [0, 0.05) is 12.3 Å². The van der Waals surface area contributed by atoms with Crippen molar-refractivity contribution in [1.82, 2.24) is 4.90 Å². The highest BCUT2D eigenvalue weighted by atomic mass is 16.6. The van der Waals surface area contributed by atoms with E-state index in [2.05, 4.69) is 0 Å². The third-order valence-electron chi connectivity index (χ3n) is 5.73. The minimum atomic E-state index is -0.698. The lowest BCUT2D eigenvalue weighted by Crippen LogP contribution is -2.58. The topological polar surface area (TPSA) is 65.1 Å². The third-order valence-corrected chi connectivity index (χ3v) is 5.73. The van der Waals surface area contributed by atoms with Crippen LogP contribution in [-0.2, 0) is 32.2 Å². The summed E-state index contributed by atoms with van der Waals surface area (Å²) in [6, 6.07) is 18.5. The fraction of sp³-hybridized carbons (Fsp3) is 0.391. The number of rotatable bonds is 6. The molecule has 0 radical (unpaired) electrons. The summed E-state index contributed by atoms with van der Waals surface area (Å²) < 4.78 is 16.9. The van der Waals surface area contributed by atoms with Crippen LogP contribution >= 0.6 is 0 Å². The van der Waals surface area contributed by atoms with Crippen molar-refractivity contribution < 1.29 is 23.8 Å². The number of hydrogen-bond donors (Lipinski definition) is 0. The number of hydrogen-bond acceptors (Lipinski definition) is 5. The van der Waals surface area contributed by atoms with E-state index >= 15 is 0 Å². The Hall–Kier alpha value is -2.86. The molecule has 4 rings (SSSR count). The van der Waals surface area contributed by atoms with Crippen molar-refractivity contribution in [3.8, 4) is 0 Å². The molecule has 2 fully saturated rings. The van der Waals surface area contributed by atoms with Crippen LogP contribution in [0.15, 0.2) is 60.7 Å². The summed E-state index contributed by atoms with van der Waals surface area (Å²) in [7, 11) is 0. The first-order valence-electron chi connectivity index (χ1n) is 9.94. The van der Waals surface area contributed by atoms with Gasteiger partial charge >= 0.3 is 12.1 Å². The molecular weight excluding hydrogens is 370 g/mol. The van der Waals surface area contributed by atoms with Crippen LogP contribution in [-0.4, -0.2) is 41.8 Å². The molecule has 0 bridgehead atoms. The second-order valence-corrected chi connectivity index (χ2v) is 7.59. The zero-order valence-electron chi connectivity index (χ0n) is 16.4. The van der Waals surface area contributed by atoms with E-state index in [-0.39, 0.29) is 31.3 Å². The minimum absolute atomic E-state index is 0.0586. The van der Waals surface area contributed by atoms with Gasteiger partial charge in [0.25, 0.3) is 0 Å². The molecule has 1 amide bonds. The molecule has 0 spiro atoms. The highest BCUT2D eigenvalue weighted by molar-refractivity contribution is 5.83. The fourth-order valence-electron chi connectivity index (χ4n) is 4.04. The molecule has 6 heteroatoms. The van der Waals surface area contributed by atoms with Gasteiger partial charge in [-0.05, 0) is 11.1 Å². The van der Waals surface area contributed by atoms with Crippen LogP contribution in [0.2, 0.25) is 0 Å². The Kier molecular flexibility index (Phi) is 5.81. The zero-order chi connectivity index (χ0) is 20.2. The molecule has 2 aliphatic heterocycles. The largest absolute Gasteiger partial charge is 0.459 e. The monoisotopic (exact) mass is 395 g/mol. The summed E-state index contributed by atoms with van der Waals surface area (Å²) in [6.07, 6.45) is -0.224. The van der Waals surface area contributed by atoms with Crippen molar-refractivity contribution in [2.45, 2.75) is 44.7 Å². The highest BCUT2D eigenvalue weighted by Crippen LogP contribution is 2.35. The summed E-state index contributed by atoms with van der Waals surface area (Å²) in [5.41, 5.74) is 1.98. The van der Waals surface area contributed by atoms with E-state index in [9.17, 15) is 9.59 Å². The van der Waals surface area contributed by atoms with Crippen molar-refractivity contribution in [3.05, 3.63) is 71.8 Å². The summed E-state index contributed by atoms with van der Waals surface area (Å²) in [5, 5.41) is 0. The molecule has 0 saturated carbocycles. The number of nitrogens with zero attached hydrogens (tertiary/aromatic N) is 1. The van der Waals surface area contributed by atoms with Gasteiger partial charge < -0.3 is 14.2 Å². The average Bonchev–Trinajstić information content (AvgIpc) is 3.15. The highest BCUT2D eigenvalue weighted by Gasteiger charge is 2.51. The van der Waals surface area contributed by atoms with E-state index in [4.69, 9.17) is 14.2 Å². The second-order valence-electron chi connectivity index (χ2n) is 7.59. The van der Waals surface area contributed by atoms with Gasteiger partial charge in [-0.1, -0.05) is 67.6 Å². The van der Waals surface area contributed by atoms with Gasteiger partial charge in [-0.25, -0.2) is 9.59 Å². The molecule has 0 unspecified atom stereocenters. The van der Waals surface area contributed by atoms with Gasteiger partial charge in [-0.15, -0.1) is 0 Å². The number of carbonyl (C=O) groups is 2. The molecule has 2 saturated heterocycles. The van der Waals surface area contributed by atoms with Gasteiger partial charge in [0.2, 0.25) is 0 Å². The predicted octanol–water partition coefficient (Wildman–Crippen LogP) is 3.54. The number of amides is 1. The summed E-state index contributed by atoms with van der Waals surface area (Å²) >= 11 is 0. The number of cyclic esters (lactones) is 1. The second kappa shape index (κ2) is 8.66. The summed E-state index contributed by atoms with van der Waals surface area (Å²) in [6.45, 7) is 2.95. The van der Waals surface area contributed by atoms with Gasteiger partial charge in [-0.3, -0.25) is 4.90 Å². The van der Waals surface area contributed by atoms with E-state index in [1.165, 1.54) is 0 Å². The molecule has 6 nitrogen and oxygen atoms in total. The molecule has 152 valence electrons. The van der Waals surface area contributed by atoms with Gasteiger partial charge in [0.15, 0.2) is 0 Å². The first-order valence-corrected chi connectivity index (χ1v) is 9.94. The van der Waals surface area contributed by atoms with Crippen LogP contribution < -0.4 is 0 Å². The van der Waals surface area contributed by atoms with Gasteiger partial charge in [-0.2, -0.15) is 0 Å². The maximum Gasteiger partial charge on any atom is 0.410 e. The van der Waals surface area contributed by atoms with Crippen LogP contribution in [0.5, 0.6) is 0 Å². The normalized spacial score (nSPS) is 26.0. The predicted molar refractivity (Wildman–Crippen MR) is 106 cm³/mol. The van der Waals surface area contributed by atoms with E-state index < -0.39 is 18.1 Å². The quantitative estimate of drug-likeness (QED) is 0.700. The van der Waals surface area contributed by atoms with Crippen LogP contribution in [0.25, 0.3) is 0 Å². The SMILES string of the molecule is C[C@@H]1[C@H](OCc2ccccc2)C[C@@H](C(=O)OCc2ccccc2)N2C(=O)OC[C@@H]12. The molecule has 2 aromatic carbocycles. The zero-order valence-corrected chi connectivity index (χ0v) is 16.4. The van der Waals surface area contributed by atoms with E-state index in [0.717, 1.165) is 11.1 Å². The molecule has 0 N–H and O–H groups in total. The molecule has 4 atom stereocenters. The molecule has 2 heterocycles. The van der Waals surface area contributed by atoms with Crippen molar-refractivity contribution in [3.63, 3.8) is 0 Å². The molecule has 0 aromatic heterocycles.